The Balaban J connectivity index is 2.17. The van der Waals surface area contributed by atoms with E-state index in [1.165, 1.54) is 0 Å². The van der Waals surface area contributed by atoms with Crippen LogP contribution in [0.4, 0.5) is 5.69 Å². The third-order valence-electron chi connectivity index (χ3n) is 2.50. The maximum Gasteiger partial charge on any atom is 0.143 e. The number of H-pyrrole nitrogens is 1. The fourth-order valence-electron chi connectivity index (χ4n) is 1.54. The van der Waals surface area contributed by atoms with Crippen molar-refractivity contribution in [2.75, 3.05) is 12.4 Å². The Morgan fingerprint density at radius 2 is 2.29 bits per heavy atom. The Morgan fingerprint density at radius 1 is 1.47 bits per heavy atom. The number of anilines is 1. The molecular formula is C12H14ClN3O. The number of nitrogens with one attached hydrogen (secondary N) is 2. The predicted molar refractivity (Wildman–Crippen MR) is 68.7 cm³/mol. The highest BCUT2D eigenvalue weighted by Gasteiger charge is 2.06. The third kappa shape index (κ3) is 2.71. The van der Waals surface area contributed by atoms with Crippen LogP contribution in [-0.4, -0.2) is 17.1 Å². The molecule has 90 valence electrons. The molecule has 0 aliphatic heterocycles. The monoisotopic (exact) mass is 251 g/mol. The number of aryl methyl sites for hydroxylation is 1. The summed E-state index contributed by atoms with van der Waals surface area (Å²) in [6.07, 6.45) is 3.43. The van der Waals surface area contributed by atoms with Crippen LogP contribution in [0.1, 0.15) is 11.3 Å². The number of hydrogen-bond donors (Lipinski definition) is 2. The van der Waals surface area contributed by atoms with Crippen LogP contribution in [0.3, 0.4) is 0 Å². The molecule has 0 amide bonds. The molecule has 1 aromatic heterocycles. The number of imidazole rings is 1. The summed E-state index contributed by atoms with van der Waals surface area (Å²) in [5, 5.41) is 3.98. The summed E-state index contributed by atoms with van der Waals surface area (Å²) in [4.78, 5) is 6.99. The average molecular weight is 252 g/mol. The Labute approximate surface area is 105 Å². The number of aromatic amines is 1. The highest BCUT2D eigenvalue weighted by Crippen LogP contribution is 2.31. The number of methoxy groups -OCH3 is 1. The molecule has 5 heteroatoms. The fourth-order valence-corrected chi connectivity index (χ4v) is 1.70. The van der Waals surface area contributed by atoms with Gasteiger partial charge in [-0.05, 0) is 18.6 Å². The van der Waals surface area contributed by atoms with E-state index in [1.807, 2.05) is 19.1 Å². The van der Waals surface area contributed by atoms with Gasteiger partial charge >= 0.3 is 0 Å². The molecule has 0 spiro atoms. The molecule has 0 aliphatic carbocycles. The van der Waals surface area contributed by atoms with E-state index in [0.717, 1.165) is 22.7 Å². The molecule has 2 rings (SSSR count). The molecule has 17 heavy (non-hydrogen) atoms. The zero-order valence-electron chi connectivity index (χ0n) is 9.75. The van der Waals surface area contributed by atoms with Gasteiger partial charge in [0, 0.05) is 17.3 Å². The molecule has 0 atom stereocenters. The van der Waals surface area contributed by atoms with E-state index in [1.54, 1.807) is 19.6 Å². The molecule has 0 saturated heterocycles. The van der Waals surface area contributed by atoms with Crippen molar-refractivity contribution in [3.63, 3.8) is 0 Å². The average Bonchev–Trinajstić information content (AvgIpc) is 2.83. The lowest BCUT2D eigenvalue weighted by Crippen LogP contribution is -2.02. The van der Waals surface area contributed by atoms with Gasteiger partial charge in [0.25, 0.3) is 0 Å². The van der Waals surface area contributed by atoms with Crippen molar-refractivity contribution in [3.05, 3.63) is 40.9 Å². The lowest BCUT2D eigenvalue weighted by molar-refractivity contribution is 0.416. The van der Waals surface area contributed by atoms with Crippen molar-refractivity contribution in [3.8, 4) is 5.75 Å². The first-order valence-electron chi connectivity index (χ1n) is 5.26. The highest BCUT2D eigenvalue weighted by molar-refractivity contribution is 6.31. The lowest BCUT2D eigenvalue weighted by atomic mass is 10.2. The topological polar surface area (TPSA) is 49.9 Å². The van der Waals surface area contributed by atoms with Crippen LogP contribution in [-0.2, 0) is 6.54 Å². The van der Waals surface area contributed by atoms with Crippen LogP contribution in [0.2, 0.25) is 5.02 Å². The molecule has 0 fully saturated rings. The second kappa shape index (κ2) is 5.10. The zero-order chi connectivity index (χ0) is 12.3. The molecule has 0 radical (unpaired) electrons. The number of halogens is 1. The smallest absolute Gasteiger partial charge is 0.143 e. The van der Waals surface area contributed by atoms with E-state index in [4.69, 9.17) is 16.3 Å². The number of nitrogens with zero attached hydrogens (tertiary/aromatic N) is 1. The summed E-state index contributed by atoms with van der Waals surface area (Å²) in [7, 11) is 1.63. The molecule has 2 N–H and O–H groups in total. The van der Waals surface area contributed by atoms with Crippen molar-refractivity contribution in [2.45, 2.75) is 13.5 Å². The second-order valence-electron chi connectivity index (χ2n) is 3.73. The van der Waals surface area contributed by atoms with Gasteiger partial charge in [-0.15, -0.1) is 0 Å². The van der Waals surface area contributed by atoms with Crippen LogP contribution in [0, 0.1) is 6.92 Å². The lowest BCUT2D eigenvalue weighted by Gasteiger charge is -2.12. The first-order valence-corrected chi connectivity index (χ1v) is 5.63. The van der Waals surface area contributed by atoms with Crippen LogP contribution in [0.25, 0.3) is 0 Å². The molecule has 1 aromatic carbocycles. The first-order chi connectivity index (χ1) is 8.20. The molecule has 2 aromatic rings. The van der Waals surface area contributed by atoms with E-state index >= 15 is 0 Å². The van der Waals surface area contributed by atoms with Crippen molar-refractivity contribution in [2.24, 2.45) is 0 Å². The van der Waals surface area contributed by atoms with Gasteiger partial charge in [-0.1, -0.05) is 11.6 Å². The molecule has 4 nitrogen and oxygen atoms in total. The number of ether oxygens (including phenoxy) is 1. The summed E-state index contributed by atoms with van der Waals surface area (Å²) in [6.45, 7) is 2.63. The molecule has 0 saturated carbocycles. The van der Waals surface area contributed by atoms with Gasteiger partial charge in [-0.25, -0.2) is 4.98 Å². The van der Waals surface area contributed by atoms with Gasteiger partial charge in [0.05, 0.1) is 31.4 Å². The van der Waals surface area contributed by atoms with E-state index in [0.29, 0.717) is 11.6 Å². The van der Waals surface area contributed by atoms with E-state index in [2.05, 4.69) is 15.3 Å². The van der Waals surface area contributed by atoms with Crippen LogP contribution >= 0.6 is 11.6 Å². The van der Waals surface area contributed by atoms with Crippen LogP contribution in [0.5, 0.6) is 5.75 Å². The summed E-state index contributed by atoms with van der Waals surface area (Å²) in [5.41, 5.74) is 2.95. The van der Waals surface area contributed by atoms with Gasteiger partial charge in [-0.2, -0.15) is 0 Å². The summed E-state index contributed by atoms with van der Waals surface area (Å²) in [5.74, 6) is 0.736. The number of hydrogen-bond acceptors (Lipinski definition) is 3. The van der Waals surface area contributed by atoms with Crippen LogP contribution in [0.15, 0.2) is 24.7 Å². The normalized spacial score (nSPS) is 10.3. The second-order valence-corrected chi connectivity index (χ2v) is 4.14. The molecule has 1 heterocycles. The van der Waals surface area contributed by atoms with Gasteiger partial charge in [0.15, 0.2) is 0 Å². The zero-order valence-corrected chi connectivity index (χ0v) is 10.5. The van der Waals surface area contributed by atoms with Gasteiger partial charge in [-0.3, -0.25) is 0 Å². The Bertz CT molecular complexity index is 497. The maximum absolute atomic E-state index is 6.04. The Hall–Kier alpha value is -1.68. The Kier molecular flexibility index (Phi) is 3.54. The maximum atomic E-state index is 6.04. The molecule has 0 unspecified atom stereocenters. The van der Waals surface area contributed by atoms with E-state index in [-0.39, 0.29) is 0 Å². The van der Waals surface area contributed by atoms with Gasteiger partial charge in [0.2, 0.25) is 0 Å². The van der Waals surface area contributed by atoms with Crippen molar-refractivity contribution in [1.82, 2.24) is 9.97 Å². The van der Waals surface area contributed by atoms with Crippen molar-refractivity contribution in [1.29, 1.82) is 0 Å². The number of aromatic nitrogens is 2. The number of benzene rings is 1. The SMILES string of the molecule is COc1cc(Cl)c(C)cc1NCc1cnc[nH]1. The third-order valence-corrected chi connectivity index (χ3v) is 2.91. The van der Waals surface area contributed by atoms with Gasteiger partial charge < -0.3 is 15.0 Å². The summed E-state index contributed by atoms with van der Waals surface area (Å²) in [6, 6.07) is 3.78. The van der Waals surface area contributed by atoms with Crippen molar-refractivity contribution >= 4 is 17.3 Å². The summed E-state index contributed by atoms with van der Waals surface area (Å²) < 4.78 is 5.28. The quantitative estimate of drug-likeness (QED) is 0.878. The highest BCUT2D eigenvalue weighted by atomic mass is 35.5. The minimum atomic E-state index is 0.664. The Morgan fingerprint density at radius 3 is 2.94 bits per heavy atom. The molecule has 0 aliphatic rings. The largest absolute Gasteiger partial charge is 0.495 e. The predicted octanol–water partition coefficient (Wildman–Crippen LogP) is 2.99. The number of rotatable bonds is 4. The van der Waals surface area contributed by atoms with Crippen molar-refractivity contribution < 1.29 is 4.74 Å². The van der Waals surface area contributed by atoms with Crippen LogP contribution < -0.4 is 10.1 Å². The first kappa shape index (κ1) is 11.8. The summed E-state index contributed by atoms with van der Waals surface area (Å²) >= 11 is 6.04. The van der Waals surface area contributed by atoms with Gasteiger partial charge in [0.1, 0.15) is 5.75 Å². The minimum absolute atomic E-state index is 0.664. The molecular weight excluding hydrogens is 238 g/mol. The molecule has 0 bridgehead atoms. The minimum Gasteiger partial charge on any atom is -0.495 e. The standard InChI is InChI=1S/C12H14ClN3O/c1-8-3-11(12(17-2)4-10(8)13)15-6-9-5-14-7-16-9/h3-5,7,15H,6H2,1-2H3,(H,14,16). The van der Waals surface area contributed by atoms with E-state index in [9.17, 15) is 0 Å². The fraction of sp³-hybridized carbons (Fsp3) is 0.250. The van der Waals surface area contributed by atoms with E-state index < -0.39 is 0 Å².